The summed E-state index contributed by atoms with van der Waals surface area (Å²) in [4.78, 5) is 14.1. The third kappa shape index (κ3) is 2.14. The smallest absolute Gasteiger partial charge is 0.449 e. The van der Waals surface area contributed by atoms with Crippen molar-refractivity contribution in [1.29, 1.82) is 0 Å². The molecule has 0 saturated carbocycles. The average Bonchev–Trinajstić information content (AvgIpc) is 2.67. The van der Waals surface area contributed by atoms with E-state index in [0.717, 1.165) is 5.56 Å². The fourth-order valence-corrected chi connectivity index (χ4v) is 1.12. The van der Waals surface area contributed by atoms with E-state index in [9.17, 15) is 4.79 Å². The van der Waals surface area contributed by atoms with Crippen LogP contribution in [0.4, 0.5) is 4.79 Å². The number of ether oxygens (including phenoxy) is 1. The van der Waals surface area contributed by atoms with Crippen molar-refractivity contribution in [2.45, 2.75) is 0 Å². The number of pyridine rings is 1. The van der Waals surface area contributed by atoms with Gasteiger partial charge in [0.1, 0.15) is 5.76 Å². The number of rotatable bonds is 2. The van der Waals surface area contributed by atoms with Crippen LogP contribution >= 0.6 is 0 Å². The molecular formula is C10H7NO4. The Morgan fingerprint density at radius 3 is 2.93 bits per heavy atom. The quantitative estimate of drug-likeness (QED) is 0.762. The van der Waals surface area contributed by atoms with Gasteiger partial charge < -0.3 is 14.3 Å². The molecular weight excluding hydrogens is 198 g/mol. The van der Waals surface area contributed by atoms with E-state index in [1.807, 2.05) is 0 Å². The fraction of sp³-hybridized carbons (Fsp3) is 0. The van der Waals surface area contributed by atoms with Crippen LogP contribution in [0.25, 0.3) is 11.3 Å². The second-order valence-corrected chi connectivity index (χ2v) is 2.73. The molecule has 0 amide bonds. The molecule has 0 radical (unpaired) electrons. The average molecular weight is 205 g/mol. The predicted octanol–water partition coefficient (Wildman–Crippen LogP) is 2.40. The summed E-state index contributed by atoms with van der Waals surface area (Å²) in [5.74, 6) is 0.459. The van der Waals surface area contributed by atoms with Crippen LogP contribution in [0.3, 0.4) is 0 Å². The van der Waals surface area contributed by atoms with Crippen molar-refractivity contribution in [2.75, 3.05) is 0 Å². The minimum absolute atomic E-state index is 0.0543. The summed E-state index contributed by atoms with van der Waals surface area (Å²) in [7, 11) is 0. The van der Waals surface area contributed by atoms with Gasteiger partial charge in [0, 0.05) is 24.0 Å². The molecule has 2 rings (SSSR count). The third-order valence-electron chi connectivity index (χ3n) is 1.72. The third-order valence-corrected chi connectivity index (χ3v) is 1.72. The van der Waals surface area contributed by atoms with Crippen molar-refractivity contribution >= 4 is 6.16 Å². The van der Waals surface area contributed by atoms with Gasteiger partial charge >= 0.3 is 6.16 Å². The number of aromatic nitrogens is 1. The molecule has 5 nitrogen and oxygen atoms in total. The molecule has 0 unspecified atom stereocenters. The van der Waals surface area contributed by atoms with Crippen LogP contribution in [0.15, 0.2) is 41.1 Å². The second kappa shape index (κ2) is 3.83. The number of nitrogens with zero attached hydrogens (tertiary/aromatic N) is 1. The summed E-state index contributed by atoms with van der Waals surface area (Å²) in [5.41, 5.74) is 0.762. The minimum Gasteiger partial charge on any atom is -0.449 e. The number of carbonyl (C=O) groups is 1. The lowest BCUT2D eigenvalue weighted by Crippen LogP contribution is -2.01. The van der Waals surface area contributed by atoms with Crippen molar-refractivity contribution in [3.05, 3.63) is 36.7 Å². The summed E-state index contributed by atoms with van der Waals surface area (Å²) >= 11 is 0. The maximum absolute atomic E-state index is 10.2. The molecule has 76 valence electrons. The Kier molecular flexibility index (Phi) is 2.37. The monoisotopic (exact) mass is 205 g/mol. The van der Waals surface area contributed by atoms with Crippen LogP contribution in [0.5, 0.6) is 5.95 Å². The lowest BCUT2D eigenvalue weighted by atomic mass is 10.2. The van der Waals surface area contributed by atoms with Crippen molar-refractivity contribution in [3.8, 4) is 17.3 Å². The van der Waals surface area contributed by atoms with Gasteiger partial charge in [0.25, 0.3) is 5.95 Å². The first-order valence-corrected chi connectivity index (χ1v) is 4.17. The van der Waals surface area contributed by atoms with Crippen LogP contribution < -0.4 is 4.74 Å². The van der Waals surface area contributed by atoms with E-state index in [2.05, 4.69) is 9.72 Å². The van der Waals surface area contributed by atoms with Crippen LogP contribution in [0, 0.1) is 0 Å². The molecule has 0 aromatic carbocycles. The number of carboxylic acid groups (broad SMARTS) is 1. The van der Waals surface area contributed by atoms with Gasteiger partial charge in [-0.15, -0.1) is 0 Å². The highest BCUT2D eigenvalue weighted by Gasteiger charge is 2.08. The first-order valence-electron chi connectivity index (χ1n) is 4.17. The SMILES string of the molecule is O=C(O)Oc1ccc(-c2cccnc2)o1. The van der Waals surface area contributed by atoms with Crippen molar-refractivity contribution in [2.24, 2.45) is 0 Å². The van der Waals surface area contributed by atoms with Gasteiger partial charge in [-0.05, 0) is 18.2 Å². The number of hydrogen-bond donors (Lipinski definition) is 1. The van der Waals surface area contributed by atoms with Gasteiger partial charge in [0.15, 0.2) is 0 Å². The summed E-state index contributed by atoms with van der Waals surface area (Å²) in [6, 6.07) is 6.62. The second-order valence-electron chi connectivity index (χ2n) is 2.73. The fourth-order valence-electron chi connectivity index (χ4n) is 1.12. The Morgan fingerprint density at radius 1 is 1.40 bits per heavy atom. The topological polar surface area (TPSA) is 72.6 Å². The highest BCUT2D eigenvalue weighted by Crippen LogP contribution is 2.25. The van der Waals surface area contributed by atoms with Crippen molar-refractivity contribution in [1.82, 2.24) is 4.98 Å². The molecule has 2 aromatic heterocycles. The van der Waals surface area contributed by atoms with Crippen LogP contribution in [0.2, 0.25) is 0 Å². The van der Waals surface area contributed by atoms with E-state index in [-0.39, 0.29) is 5.95 Å². The lowest BCUT2D eigenvalue weighted by Gasteiger charge is -1.95. The minimum atomic E-state index is -1.40. The van der Waals surface area contributed by atoms with E-state index in [1.54, 1.807) is 30.6 Å². The highest BCUT2D eigenvalue weighted by atomic mass is 16.7. The molecule has 0 aliphatic carbocycles. The first kappa shape index (κ1) is 9.26. The molecule has 0 aliphatic heterocycles. The Balaban J connectivity index is 2.24. The normalized spacial score (nSPS) is 9.87. The predicted molar refractivity (Wildman–Crippen MR) is 50.6 cm³/mol. The van der Waals surface area contributed by atoms with Crippen LogP contribution in [-0.2, 0) is 0 Å². The van der Waals surface area contributed by atoms with Gasteiger partial charge in [-0.2, -0.15) is 0 Å². The van der Waals surface area contributed by atoms with Crippen molar-refractivity contribution < 1.29 is 19.1 Å². The zero-order chi connectivity index (χ0) is 10.7. The van der Waals surface area contributed by atoms with Crippen LogP contribution in [0.1, 0.15) is 0 Å². The van der Waals surface area contributed by atoms with Gasteiger partial charge in [-0.3, -0.25) is 4.98 Å². The molecule has 0 saturated heterocycles. The van der Waals surface area contributed by atoms with Gasteiger partial charge in [-0.25, -0.2) is 4.79 Å². The molecule has 2 heterocycles. The highest BCUT2D eigenvalue weighted by molar-refractivity contribution is 5.61. The molecule has 0 bridgehead atoms. The Bertz CT molecular complexity index is 463. The van der Waals surface area contributed by atoms with E-state index < -0.39 is 6.16 Å². The maximum Gasteiger partial charge on any atom is 0.513 e. The van der Waals surface area contributed by atoms with E-state index >= 15 is 0 Å². The molecule has 2 aromatic rings. The van der Waals surface area contributed by atoms with Gasteiger partial charge in [0.05, 0.1) is 0 Å². The molecule has 0 fully saturated rings. The molecule has 5 heteroatoms. The molecule has 0 spiro atoms. The molecule has 0 aliphatic rings. The number of hydrogen-bond acceptors (Lipinski definition) is 4. The zero-order valence-electron chi connectivity index (χ0n) is 7.58. The van der Waals surface area contributed by atoms with Gasteiger partial charge in [-0.1, -0.05) is 0 Å². The van der Waals surface area contributed by atoms with Crippen molar-refractivity contribution in [3.63, 3.8) is 0 Å². The summed E-state index contributed by atoms with van der Waals surface area (Å²) < 4.78 is 9.48. The Labute approximate surface area is 84.9 Å². The summed E-state index contributed by atoms with van der Waals surface area (Å²) in [6.07, 6.45) is 1.85. The summed E-state index contributed by atoms with van der Waals surface area (Å²) in [6.45, 7) is 0. The Morgan fingerprint density at radius 2 is 2.27 bits per heavy atom. The van der Waals surface area contributed by atoms with E-state index in [1.165, 1.54) is 6.07 Å². The Hall–Kier alpha value is -2.30. The first-order chi connectivity index (χ1) is 7.25. The van der Waals surface area contributed by atoms with Gasteiger partial charge in [0.2, 0.25) is 0 Å². The van der Waals surface area contributed by atoms with E-state index in [0.29, 0.717) is 5.76 Å². The molecule has 0 atom stereocenters. The standard InChI is InChI=1S/C10H7NO4/c12-10(13)15-9-4-3-8(14-9)7-2-1-5-11-6-7/h1-6H,(H,12,13). The lowest BCUT2D eigenvalue weighted by molar-refractivity contribution is 0.133. The number of furan rings is 1. The van der Waals surface area contributed by atoms with E-state index in [4.69, 9.17) is 9.52 Å². The maximum atomic E-state index is 10.2. The summed E-state index contributed by atoms with van der Waals surface area (Å²) in [5, 5.41) is 8.35. The zero-order valence-corrected chi connectivity index (χ0v) is 7.58. The van der Waals surface area contributed by atoms with Crippen LogP contribution in [-0.4, -0.2) is 16.2 Å². The molecule has 15 heavy (non-hydrogen) atoms. The molecule has 1 N–H and O–H groups in total. The largest absolute Gasteiger partial charge is 0.513 e.